The van der Waals surface area contributed by atoms with Crippen LogP contribution in [0, 0.1) is 5.82 Å². The van der Waals surface area contributed by atoms with Gasteiger partial charge in [-0.05, 0) is 36.4 Å². The lowest BCUT2D eigenvalue weighted by Crippen LogP contribution is -2.18. The second kappa shape index (κ2) is 6.51. The third-order valence-electron chi connectivity index (χ3n) is 2.67. The summed E-state index contributed by atoms with van der Waals surface area (Å²) in [5.41, 5.74) is 6.75. The van der Waals surface area contributed by atoms with Crippen LogP contribution < -0.4 is 11.1 Å². The maximum Gasteiger partial charge on any atom is 0.257 e. The molecule has 1 amide bonds. The van der Waals surface area contributed by atoms with E-state index in [0.29, 0.717) is 11.3 Å². The Morgan fingerprint density at radius 3 is 2.52 bits per heavy atom. The van der Waals surface area contributed by atoms with Crippen molar-refractivity contribution < 1.29 is 9.18 Å². The first-order valence-electron chi connectivity index (χ1n) is 5.74. The molecule has 21 heavy (non-hydrogen) atoms. The van der Waals surface area contributed by atoms with Crippen molar-refractivity contribution in [3.05, 3.63) is 62.8 Å². The number of amides is 1. The molecule has 2 aromatic carbocycles. The highest BCUT2D eigenvalue weighted by Gasteiger charge is 2.14. The molecular weight excluding hydrogens is 379 g/mol. The van der Waals surface area contributed by atoms with Gasteiger partial charge in [-0.1, -0.05) is 39.7 Å². The smallest absolute Gasteiger partial charge is 0.257 e. The minimum atomic E-state index is -0.511. The van der Waals surface area contributed by atoms with E-state index in [-0.39, 0.29) is 15.6 Å². The Kier molecular flexibility index (Phi) is 4.92. The maximum absolute atomic E-state index is 13.0. The number of benzene rings is 2. The number of nitrogens with two attached hydrogens (primary N) is 1. The highest BCUT2D eigenvalue weighted by molar-refractivity contribution is 9.10. The SMILES string of the molecule is NC(=S)c1ccc(Br)cc1NC(=O)c1ccc(F)cc1Cl. The van der Waals surface area contributed by atoms with Crippen molar-refractivity contribution in [3.8, 4) is 0 Å². The first kappa shape index (κ1) is 15.9. The molecule has 0 bridgehead atoms. The van der Waals surface area contributed by atoms with Crippen LogP contribution in [0.3, 0.4) is 0 Å². The van der Waals surface area contributed by atoms with Gasteiger partial charge in [-0.2, -0.15) is 0 Å². The van der Waals surface area contributed by atoms with Crippen LogP contribution in [0.15, 0.2) is 40.9 Å². The first-order valence-corrected chi connectivity index (χ1v) is 7.32. The Bertz CT molecular complexity index is 739. The fourth-order valence-corrected chi connectivity index (χ4v) is 2.49. The Balaban J connectivity index is 2.35. The lowest BCUT2D eigenvalue weighted by molar-refractivity contribution is 0.102. The molecule has 0 aliphatic rings. The Hall–Kier alpha value is -1.50. The van der Waals surface area contributed by atoms with Crippen molar-refractivity contribution in [1.29, 1.82) is 0 Å². The summed E-state index contributed by atoms with van der Waals surface area (Å²) >= 11 is 14.1. The van der Waals surface area contributed by atoms with E-state index in [1.807, 2.05) is 0 Å². The highest BCUT2D eigenvalue weighted by Crippen LogP contribution is 2.24. The highest BCUT2D eigenvalue weighted by atomic mass is 79.9. The molecule has 0 radical (unpaired) electrons. The minimum absolute atomic E-state index is 0.0272. The van der Waals surface area contributed by atoms with E-state index in [4.69, 9.17) is 29.6 Å². The zero-order valence-corrected chi connectivity index (χ0v) is 13.7. The van der Waals surface area contributed by atoms with E-state index in [9.17, 15) is 9.18 Å². The molecule has 7 heteroatoms. The minimum Gasteiger partial charge on any atom is -0.389 e. The fourth-order valence-electron chi connectivity index (χ4n) is 1.70. The van der Waals surface area contributed by atoms with Crippen molar-refractivity contribution in [1.82, 2.24) is 0 Å². The third-order valence-corrected chi connectivity index (χ3v) is 3.70. The van der Waals surface area contributed by atoms with Crippen molar-refractivity contribution in [2.24, 2.45) is 5.73 Å². The van der Waals surface area contributed by atoms with Crippen LogP contribution in [0.1, 0.15) is 15.9 Å². The van der Waals surface area contributed by atoms with Crippen molar-refractivity contribution in [3.63, 3.8) is 0 Å². The summed E-state index contributed by atoms with van der Waals surface area (Å²) in [6.45, 7) is 0. The normalized spacial score (nSPS) is 10.2. The second-order valence-electron chi connectivity index (χ2n) is 4.13. The van der Waals surface area contributed by atoms with Gasteiger partial charge in [0, 0.05) is 10.0 Å². The van der Waals surface area contributed by atoms with E-state index in [1.165, 1.54) is 6.07 Å². The Morgan fingerprint density at radius 1 is 1.24 bits per heavy atom. The second-order valence-corrected chi connectivity index (χ2v) is 5.90. The predicted molar refractivity (Wildman–Crippen MR) is 89.4 cm³/mol. The summed E-state index contributed by atoms with van der Waals surface area (Å²) in [6.07, 6.45) is 0. The molecule has 2 aromatic rings. The van der Waals surface area contributed by atoms with Crippen LogP contribution >= 0.6 is 39.7 Å². The average Bonchev–Trinajstić information content (AvgIpc) is 2.37. The number of halogens is 3. The van der Waals surface area contributed by atoms with Crippen LogP contribution in [0.4, 0.5) is 10.1 Å². The molecule has 0 aliphatic heterocycles. The standard InChI is InChI=1S/C14H9BrClFN2OS/c15-7-1-3-10(13(18)21)12(5-7)19-14(20)9-4-2-8(17)6-11(9)16/h1-6H,(H2,18,21)(H,19,20). The largest absolute Gasteiger partial charge is 0.389 e. The lowest BCUT2D eigenvalue weighted by atomic mass is 10.1. The van der Waals surface area contributed by atoms with Gasteiger partial charge in [0.1, 0.15) is 10.8 Å². The fraction of sp³-hybridized carbons (Fsp3) is 0. The van der Waals surface area contributed by atoms with Gasteiger partial charge in [-0.3, -0.25) is 4.79 Å². The van der Waals surface area contributed by atoms with Crippen molar-refractivity contribution in [2.75, 3.05) is 5.32 Å². The van der Waals surface area contributed by atoms with E-state index in [0.717, 1.165) is 16.6 Å². The molecule has 3 nitrogen and oxygen atoms in total. The van der Waals surface area contributed by atoms with Crippen LogP contribution in [-0.4, -0.2) is 10.9 Å². The summed E-state index contributed by atoms with van der Waals surface area (Å²) < 4.78 is 13.8. The summed E-state index contributed by atoms with van der Waals surface area (Å²) in [7, 11) is 0. The third kappa shape index (κ3) is 3.78. The monoisotopic (exact) mass is 386 g/mol. The number of hydrogen-bond acceptors (Lipinski definition) is 2. The van der Waals surface area contributed by atoms with Gasteiger partial charge in [-0.25, -0.2) is 4.39 Å². The van der Waals surface area contributed by atoms with Crippen LogP contribution in [0.2, 0.25) is 5.02 Å². The van der Waals surface area contributed by atoms with Crippen LogP contribution in [-0.2, 0) is 0 Å². The van der Waals surface area contributed by atoms with E-state index < -0.39 is 11.7 Å². The molecule has 3 N–H and O–H groups in total. The molecule has 0 aliphatic carbocycles. The molecule has 0 saturated heterocycles. The number of carbonyl (C=O) groups is 1. The average molecular weight is 388 g/mol. The quantitative estimate of drug-likeness (QED) is 0.779. The first-order chi connectivity index (χ1) is 9.88. The molecule has 0 saturated carbocycles. The van der Waals surface area contributed by atoms with Gasteiger partial charge in [0.2, 0.25) is 0 Å². The van der Waals surface area contributed by atoms with Gasteiger partial charge in [0.15, 0.2) is 0 Å². The molecular formula is C14H9BrClFN2OS. The number of hydrogen-bond donors (Lipinski definition) is 2. The molecule has 0 atom stereocenters. The molecule has 0 aromatic heterocycles. The number of carbonyl (C=O) groups excluding carboxylic acids is 1. The zero-order valence-electron chi connectivity index (χ0n) is 10.5. The van der Waals surface area contributed by atoms with E-state index >= 15 is 0 Å². The van der Waals surface area contributed by atoms with Crippen molar-refractivity contribution >= 4 is 56.3 Å². The lowest BCUT2D eigenvalue weighted by Gasteiger charge is -2.11. The molecule has 108 valence electrons. The van der Waals surface area contributed by atoms with E-state index in [2.05, 4.69) is 21.2 Å². The van der Waals surface area contributed by atoms with E-state index in [1.54, 1.807) is 18.2 Å². The number of anilines is 1. The summed E-state index contributed by atoms with van der Waals surface area (Å²) in [5, 5.41) is 2.69. The summed E-state index contributed by atoms with van der Waals surface area (Å²) in [6, 6.07) is 8.67. The zero-order chi connectivity index (χ0) is 15.6. The Labute approximate surface area is 139 Å². The number of rotatable bonds is 3. The summed E-state index contributed by atoms with van der Waals surface area (Å²) in [5.74, 6) is -0.988. The van der Waals surface area contributed by atoms with Crippen LogP contribution in [0.5, 0.6) is 0 Å². The van der Waals surface area contributed by atoms with Gasteiger partial charge < -0.3 is 11.1 Å². The van der Waals surface area contributed by atoms with Gasteiger partial charge in [-0.15, -0.1) is 0 Å². The van der Waals surface area contributed by atoms with Gasteiger partial charge in [0.25, 0.3) is 5.91 Å². The molecule has 0 spiro atoms. The maximum atomic E-state index is 13.0. The van der Waals surface area contributed by atoms with Crippen LogP contribution in [0.25, 0.3) is 0 Å². The predicted octanol–water partition coefficient (Wildman–Crippen LogP) is 4.13. The molecule has 2 rings (SSSR count). The molecule has 0 unspecified atom stereocenters. The van der Waals surface area contributed by atoms with Crippen molar-refractivity contribution in [2.45, 2.75) is 0 Å². The molecule has 0 fully saturated rings. The van der Waals surface area contributed by atoms with Gasteiger partial charge in [0.05, 0.1) is 16.3 Å². The topological polar surface area (TPSA) is 55.1 Å². The number of thiocarbonyl (C=S) groups is 1. The Morgan fingerprint density at radius 2 is 1.90 bits per heavy atom. The van der Waals surface area contributed by atoms with Gasteiger partial charge >= 0.3 is 0 Å². The molecule has 0 heterocycles. The number of nitrogens with one attached hydrogen (secondary N) is 1. The summed E-state index contributed by atoms with van der Waals surface area (Å²) in [4.78, 5) is 12.4.